The van der Waals surface area contributed by atoms with Crippen LogP contribution in [0.2, 0.25) is 0 Å². The van der Waals surface area contributed by atoms with Crippen LogP contribution in [-0.4, -0.2) is 33.8 Å². The Hall–Kier alpha value is -2.21. The lowest BCUT2D eigenvalue weighted by Gasteiger charge is -2.12. The third kappa shape index (κ3) is 5.13. The largest absolute Gasteiger partial charge is 0.496 e. The van der Waals surface area contributed by atoms with Crippen molar-refractivity contribution in [2.45, 2.75) is 12.8 Å². The smallest absolute Gasteiger partial charge is 0.224 e. The molecular weight excluding hydrogens is 386 g/mol. The molecule has 0 spiro atoms. The second kappa shape index (κ2) is 9.32. The lowest BCUT2D eigenvalue weighted by molar-refractivity contribution is -0.120. The summed E-state index contributed by atoms with van der Waals surface area (Å²) in [4.78, 5) is 12.2. The van der Waals surface area contributed by atoms with Crippen LogP contribution in [0, 0.1) is 0 Å². The SMILES string of the molecule is COc1ccccc1CC(=O)NCCc1cc(OC)c(OC)cc1Br. The van der Waals surface area contributed by atoms with Gasteiger partial charge in [0.2, 0.25) is 5.91 Å². The highest BCUT2D eigenvalue weighted by Crippen LogP contribution is 2.33. The molecule has 0 bridgehead atoms. The van der Waals surface area contributed by atoms with E-state index in [9.17, 15) is 4.79 Å². The maximum atomic E-state index is 12.2. The predicted octanol–water partition coefficient (Wildman–Crippen LogP) is 3.38. The third-order valence-electron chi connectivity index (χ3n) is 3.81. The summed E-state index contributed by atoms with van der Waals surface area (Å²) in [6.07, 6.45) is 0.968. The van der Waals surface area contributed by atoms with E-state index in [0.29, 0.717) is 24.5 Å². The monoisotopic (exact) mass is 407 g/mol. The second-order valence-electron chi connectivity index (χ2n) is 5.39. The van der Waals surface area contributed by atoms with Crippen molar-refractivity contribution in [2.24, 2.45) is 0 Å². The van der Waals surface area contributed by atoms with E-state index in [4.69, 9.17) is 14.2 Å². The summed E-state index contributed by atoms with van der Waals surface area (Å²) >= 11 is 3.53. The maximum absolute atomic E-state index is 12.2. The lowest BCUT2D eigenvalue weighted by atomic mass is 10.1. The van der Waals surface area contributed by atoms with E-state index in [-0.39, 0.29) is 12.3 Å². The number of carbonyl (C=O) groups excluding carboxylic acids is 1. The molecule has 25 heavy (non-hydrogen) atoms. The zero-order valence-electron chi connectivity index (χ0n) is 14.6. The molecule has 0 atom stereocenters. The second-order valence-corrected chi connectivity index (χ2v) is 6.24. The molecule has 0 fully saturated rings. The number of halogens is 1. The molecule has 1 amide bonds. The van der Waals surface area contributed by atoms with Gasteiger partial charge in [-0.3, -0.25) is 4.79 Å². The molecule has 0 unspecified atom stereocenters. The Kier molecular flexibility index (Phi) is 7.13. The van der Waals surface area contributed by atoms with Crippen LogP contribution in [-0.2, 0) is 17.6 Å². The van der Waals surface area contributed by atoms with Crippen molar-refractivity contribution >= 4 is 21.8 Å². The van der Waals surface area contributed by atoms with Crippen molar-refractivity contribution in [2.75, 3.05) is 27.9 Å². The summed E-state index contributed by atoms with van der Waals surface area (Å²) < 4.78 is 16.8. The molecule has 1 N–H and O–H groups in total. The minimum absolute atomic E-state index is 0.0406. The molecule has 0 radical (unpaired) electrons. The van der Waals surface area contributed by atoms with Crippen LogP contribution < -0.4 is 19.5 Å². The van der Waals surface area contributed by atoms with Crippen LogP contribution in [0.25, 0.3) is 0 Å². The van der Waals surface area contributed by atoms with E-state index < -0.39 is 0 Å². The van der Waals surface area contributed by atoms with E-state index >= 15 is 0 Å². The Morgan fingerprint density at radius 2 is 1.60 bits per heavy atom. The highest BCUT2D eigenvalue weighted by molar-refractivity contribution is 9.10. The number of ether oxygens (including phenoxy) is 3. The van der Waals surface area contributed by atoms with Gasteiger partial charge in [-0.15, -0.1) is 0 Å². The molecule has 0 aliphatic rings. The maximum Gasteiger partial charge on any atom is 0.224 e. The van der Waals surface area contributed by atoms with Crippen molar-refractivity contribution in [1.29, 1.82) is 0 Å². The molecule has 2 aromatic carbocycles. The van der Waals surface area contributed by atoms with Gasteiger partial charge in [0.05, 0.1) is 27.8 Å². The average molecular weight is 408 g/mol. The Bertz CT molecular complexity index is 733. The van der Waals surface area contributed by atoms with E-state index in [1.54, 1.807) is 21.3 Å². The fourth-order valence-electron chi connectivity index (χ4n) is 2.51. The van der Waals surface area contributed by atoms with Crippen LogP contribution in [0.15, 0.2) is 40.9 Å². The first-order valence-electron chi connectivity index (χ1n) is 7.88. The number of benzene rings is 2. The van der Waals surface area contributed by atoms with Gasteiger partial charge in [0.15, 0.2) is 11.5 Å². The molecule has 0 heterocycles. The van der Waals surface area contributed by atoms with Gasteiger partial charge < -0.3 is 19.5 Å². The highest BCUT2D eigenvalue weighted by atomic mass is 79.9. The van der Waals surface area contributed by atoms with Crippen molar-refractivity contribution in [3.05, 3.63) is 52.0 Å². The van der Waals surface area contributed by atoms with Gasteiger partial charge in [-0.2, -0.15) is 0 Å². The van der Waals surface area contributed by atoms with E-state index in [1.165, 1.54) is 0 Å². The van der Waals surface area contributed by atoms with E-state index in [1.807, 2.05) is 36.4 Å². The molecule has 5 nitrogen and oxygen atoms in total. The van der Waals surface area contributed by atoms with Gasteiger partial charge in [-0.05, 0) is 30.2 Å². The molecule has 0 aliphatic carbocycles. The third-order valence-corrected chi connectivity index (χ3v) is 4.55. The molecule has 134 valence electrons. The fraction of sp³-hybridized carbons (Fsp3) is 0.316. The Labute approximate surface area is 156 Å². The van der Waals surface area contributed by atoms with Crippen LogP contribution >= 0.6 is 15.9 Å². The van der Waals surface area contributed by atoms with Crippen LogP contribution in [0.4, 0.5) is 0 Å². The van der Waals surface area contributed by atoms with Crippen molar-refractivity contribution in [3.8, 4) is 17.2 Å². The normalized spacial score (nSPS) is 10.2. The highest BCUT2D eigenvalue weighted by Gasteiger charge is 2.11. The Balaban J connectivity index is 1.93. The molecule has 0 aromatic heterocycles. The van der Waals surface area contributed by atoms with Gasteiger partial charge in [-0.1, -0.05) is 34.1 Å². The summed E-state index contributed by atoms with van der Waals surface area (Å²) in [6, 6.07) is 11.3. The number of hydrogen-bond acceptors (Lipinski definition) is 4. The number of nitrogens with one attached hydrogen (secondary N) is 1. The summed E-state index contributed by atoms with van der Waals surface area (Å²) in [5, 5.41) is 2.94. The van der Waals surface area contributed by atoms with Gasteiger partial charge >= 0.3 is 0 Å². The van der Waals surface area contributed by atoms with E-state index in [2.05, 4.69) is 21.2 Å². The molecule has 0 aliphatic heterocycles. The van der Waals surface area contributed by atoms with Crippen molar-refractivity contribution < 1.29 is 19.0 Å². The summed E-state index contributed by atoms with van der Waals surface area (Å²) in [5.74, 6) is 2.01. The number of para-hydroxylation sites is 1. The number of amides is 1. The Morgan fingerprint density at radius 3 is 2.28 bits per heavy atom. The first kappa shape index (κ1) is 19.1. The van der Waals surface area contributed by atoms with Gasteiger partial charge in [-0.25, -0.2) is 0 Å². The van der Waals surface area contributed by atoms with Crippen molar-refractivity contribution in [3.63, 3.8) is 0 Å². The summed E-state index contributed by atoms with van der Waals surface area (Å²) in [7, 11) is 4.80. The molecule has 6 heteroatoms. The molecule has 2 rings (SSSR count). The number of hydrogen-bond donors (Lipinski definition) is 1. The summed E-state index contributed by atoms with van der Waals surface area (Å²) in [5.41, 5.74) is 1.91. The lowest BCUT2D eigenvalue weighted by Crippen LogP contribution is -2.27. The molecule has 0 saturated carbocycles. The van der Waals surface area contributed by atoms with Crippen LogP contribution in [0.1, 0.15) is 11.1 Å². The predicted molar refractivity (Wildman–Crippen MR) is 101 cm³/mol. The topological polar surface area (TPSA) is 56.8 Å². The average Bonchev–Trinajstić information content (AvgIpc) is 2.63. The molecule has 0 saturated heterocycles. The van der Waals surface area contributed by atoms with Gasteiger partial charge in [0, 0.05) is 16.6 Å². The van der Waals surface area contributed by atoms with Gasteiger partial charge in [0.25, 0.3) is 0 Å². The minimum atomic E-state index is -0.0406. The minimum Gasteiger partial charge on any atom is -0.496 e. The molecular formula is C19H22BrNO4. The van der Waals surface area contributed by atoms with Crippen LogP contribution in [0.3, 0.4) is 0 Å². The first-order valence-corrected chi connectivity index (χ1v) is 8.67. The van der Waals surface area contributed by atoms with Crippen molar-refractivity contribution in [1.82, 2.24) is 5.32 Å². The first-order chi connectivity index (χ1) is 12.1. The summed E-state index contributed by atoms with van der Waals surface area (Å²) in [6.45, 7) is 0.530. The van der Waals surface area contributed by atoms with E-state index in [0.717, 1.165) is 21.3 Å². The van der Waals surface area contributed by atoms with Crippen LogP contribution in [0.5, 0.6) is 17.2 Å². The molecule has 2 aromatic rings. The van der Waals surface area contributed by atoms with Gasteiger partial charge in [0.1, 0.15) is 5.75 Å². The zero-order chi connectivity index (χ0) is 18.2. The number of carbonyl (C=O) groups is 1. The fourth-order valence-corrected chi connectivity index (χ4v) is 3.03. The number of rotatable bonds is 8. The quantitative estimate of drug-likeness (QED) is 0.728. The zero-order valence-corrected chi connectivity index (χ0v) is 16.2. The number of methoxy groups -OCH3 is 3. The standard InChI is InChI=1S/C19H22BrNO4/c1-23-16-7-5-4-6-14(16)11-19(22)21-9-8-13-10-17(24-2)18(25-3)12-15(13)20/h4-7,10,12H,8-9,11H2,1-3H3,(H,21,22). The Morgan fingerprint density at radius 1 is 0.960 bits per heavy atom.